The highest BCUT2D eigenvalue weighted by Gasteiger charge is 2.26. The summed E-state index contributed by atoms with van der Waals surface area (Å²) in [6.45, 7) is 0.468. The average Bonchev–Trinajstić information content (AvgIpc) is 3.44. The quantitative estimate of drug-likeness (QED) is 0.499. The first-order valence-electron chi connectivity index (χ1n) is 8.94. The van der Waals surface area contributed by atoms with E-state index in [2.05, 4.69) is 20.7 Å². The molecule has 27 heavy (non-hydrogen) atoms. The lowest BCUT2D eigenvalue weighted by atomic mass is 10.2. The van der Waals surface area contributed by atoms with Crippen LogP contribution in [0.5, 0.6) is 5.75 Å². The molecule has 1 saturated carbocycles. The highest BCUT2D eigenvalue weighted by atomic mass is 16.5. The molecule has 6 heteroatoms. The minimum Gasteiger partial charge on any atom is -0.488 e. The molecule has 0 spiro atoms. The summed E-state index contributed by atoms with van der Waals surface area (Å²) in [6, 6.07) is 19.3. The van der Waals surface area contributed by atoms with E-state index in [9.17, 15) is 4.79 Å². The molecule has 3 aromatic rings. The van der Waals surface area contributed by atoms with Crippen molar-refractivity contribution >= 4 is 12.1 Å². The minimum atomic E-state index is -0.336. The Morgan fingerprint density at radius 2 is 1.96 bits per heavy atom. The molecule has 6 nitrogen and oxygen atoms in total. The van der Waals surface area contributed by atoms with Crippen LogP contribution in [0.25, 0.3) is 0 Å². The van der Waals surface area contributed by atoms with Crippen LogP contribution in [0.3, 0.4) is 0 Å². The summed E-state index contributed by atoms with van der Waals surface area (Å²) in [5.41, 5.74) is 5.75. The van der Waals surface area contributed by atoms with Crippen molar-refractivity contribution in [1.82, 2.24) is 15.6 Å². The fourth-order valence-corrected chi connectivity index (χ4v) is 2.73. The van der Waals surface area contributed by atoms with Crippen molar-refractivity contribution in [1.29, 1.82) is 0 Å². The standard InChI is InChI=1S/C21H20N4O2/c26-21(19-12-18(23-24-19)16-10-11-16)25-22-13-17-8-4-5-9-20(17)27-14-15-6-2-1-3-7-15/h1-9,12-13,16H,10-11,14H2,(H,23,24)(H,25,26)/b22-13-. The molecule has 0 saturated heterocycles. The number of hydrogen-bond donors (Lipinski definition) is 2. The van der Waals surface area contributed by atoms with Gasteiger partial charge in [-0.15, -0.1) is 0 Å². The van der Waals surface area contributed by atoms with Crippen molar-refractivity contribution in [3.05, 3.63) is 83.2 Å². The molecule has 1 aliphatic carbocycles. The van der Waals surface area contributed by atoms with Gasteiger partial charge in [-0.05, 0) is 36.6 Å². The number of aromatic amines is 1. The zero-order chi connectivity index (χ0) is 18.5. The summed E-state index contributed by atoms with van der Waals surface area (Å²) in [7, 11) is 0. The minimum absolute atomic E-state index is 0.336. The third-order valence-corrected chi connectivity index (χ3v) is 4.37. The maximum absolute atomic E-state index is 12.1. The number of amides is 1. The van der Waals surface area contributed by atoms with E-state index in [4.69, 9.17) is 4.74 Å². The number of ether oxygens (including phenoxy) is 1. The lowest BCUT2D eigenvalue weighted by molar-refractivity contribution is 0.0950. The van der Waals surface area contributed by atoms with Crippen LogP contribution in [0, 0.1) is 0 Å². The number of carbonyl (C=O) groups excluding carboxylic acids is 1. The molecule has 1 aliphatic rings. The number of hydrogen-bond acceptors (Lipinski definition) is 4. The largest absolute Gasteiger partial charge is 0.488 e. The number of benzene rings is 2. The summed E-state index contributed by atoms with van der Waals surface area (Å²) < 4.78 is 5.88. The monoisotopic (exact) mass is 360 g/mol. The zero-order valence-corrected chi connectivity index (χ0v) is 14.8. The molecular formula is C21H20N4O2. The van der Waals surface area contributed by atoms with Crippen molar-refractivity contribution in [2.45, 2.75) is 25.4 Å². The second-order valence-electron chi connectivity index (χ2n) is 6.49. The van der Waals surface area contributed by atoms with Crippen LogP contribution in [-0.4, -0.2) is 22.3 Å². The summed E-state index contributed by atoms with van der Waals surface area (Å²) in [6.07, 6.45) is 3.88. The predicted molar refractivity (Wildman–Crippen MR) is 103 cm³/mol. The van der Waals surface area contributed by atoms with Gasteiger partial charge in [0.2, 0.25) is 0 Å². The van der Waals surface area contributed by atoms with E-state index in [1.165, 1.54) is 0 Å². The van der Waals surface area contributed by atoms with Gasteiger partial charge in [0.1, 0.15) is 12.4 Å². The van der Waals surface area contributed by atoms with Crippen molar-refractivity contribution in [2.24, 2.45) is 5.10 Å². The SMILES string of the molecule is O=C(N/N=C\c1ccccc1OCc1ccccc1)c1cc(C2CC2)[nH]n1. The smallest absolute Gasteiger partial charge is 0.291 e. The molecule has 0 unspecified atom stereocenters. The Balaban J connectivity index is 1.37. The number of aromatic nitrogens is 2. The second-order valence-corrected chi connectivity index (χ2v) is 6.49. The van der Waals surface area contributed by atoms with E-state index in [0.717, 1.165) is 29.7 Å². The Kier molecular flexibility index (Phi) is 4.96. The molecule has 1 fully saturated rings. The highest BCUT2D eigenvalue weighted by molar-refractivity contribution is 5.93. The van der Waals surface area contributed by atoms with E-state index in [1.807, 2.05) is 54.6 Å². The van der Waals surface area contributed by atoms with Crippen LogP contribution in [0.15, 0.2) is 65.8 Å². The number of rotatable bonds is 7. The van der Waals surface area contributed by atoms with Crippen molar-refractivity contribution in [3.63, 3.8) is 0 Å². The van der Waals surface area contributed by atoms with Gasteiger partial charge in [0.25, 0.3) is 5.91 Å². The van der Waals surface area contributed by atoms with Gasteiger partial charge in [-0.25, -0.2) is 5.43 Å². The number of nitrogens with zero attached hydrogens (tertiary/aromatic N) is 2. The van der Waals surface area contributed by atoms with Gasteiger partial charge in [0, 0.05) is 17.2 Å². The van der Waals surface area contributed by atoms with Crippen LogP contribution in [0.4, 0.5) is 0 Å². The first kappa shape index (κ1) is 17.0. The van der Waals surface area contributed by atoms with Crippen LogP contribution in [0.1, 0.15) is 46.1 Å². The summed E-state index contributed by atoms with van der Waals surface area (Å²) in [4.78, 5) is 12.1. The third-order valence-electron chi connectivity index (χ3n) is 4.37. The molecule has 0 atom stereocenters. The molecule has 1 heterocycles. The van der Waals surface area contributed by atoms with E-state index >= 15 is 0 Å². The van der Waals surface area contributed by atoms with Crippen molar-refractivity contribution < 1.29 is 9.53 Å². The topological polar surface area (TPSA) is 79.4 Å². The van der Waals surface area contributed by atoms with Crippen molar-refractivity contribution in [2.75, 3.05) is 0 Å². The van der Waals surface area contributed by atoms with E-state index < -0.39 is 0 Å². The lowest BCUT2D eigenvalue weighted by Gasteiger charge is -2.08. The number of hydrazone groups is 1. The molecule has 0 aliphatic heterocycles. The first-order valence-corrected chi connectivity index (χ1v) is 8.94. The molecule has 4 rings (SSSR count). The third kappa shape index (κ3) is 4.41. The Hall–Kier alpha value is -3.41. The second kappa shape index (κ2) is 7.86. The normalized spacial score (nSPS) is 13.6. The van der Waals surface area contributed by atoms with Gasteiger partial charge in [-0.3, -0.25) is 9.89 Å². The Bertz CT molecular complexity index is 946. The molecule has 0 bridgehead atoms. The van der Waals surface area contributed by atoms with Gasteiger partial charge in [0.15, 0.2) is 5.69 Å². The van der Waals surface area contributed by atoms with E-state index in [-0.39, 0.29) is 5.91 Å². The molecule has 2 N–H and O–H groups in total. The lowest BCUT2D eigenvalue weighted by Crippen LogP contribution is -2.18. The number of para-hydroxylation sites is 1. The van der Waals surface area contributed by atoms with Crippen LogP contribution >= 0.6 is 0 Å². The van der Waals surface area contributed by atoms with Gasteiger partial charge in [0.05, 0.1) is 6.21 Å². The maximum atomic E-state index is 12.1. The number of nitrogens with one attached hydrogen (secondary N) is 2. The van der Waals surface area contributed by atoms with Crippen LogP contribution in [0.2, 0.25) is 0 Å². The van der Waals surface area contributed by atoms with Gasteiger partial charge >= 0.3 is 0 Å². The van der Waals surface area contributed by atoms with Crippen LogP contribution in [-0.2, 0) is 6.61 Å². The summed E-state index contributed by atoms with van der Waals surface area (Å²) in [5, 5.41) is 11.0. The Labute approximate surface area is 157 Å². The van der Waals surface area contributed by atoms with Gasteiger partial charge in [-0.2, -0.15) is 10.2 Å². The predicted octanol–water partition coefficient (Wildman–Crippen LogP) is 3.63. The highest BCUT2D eigenvalue weighted by Crippen LogP contribution is 2.38. The molecule has 1 aromatic heterocycles. The first-order chi connectivity index (χ1) is 13.3. The Morgan fingerprint density at radius 1 is 1.19 bits per heavy atom. The molecular weight excluding hydrogens is 340 g/mol. The van der Waals surface area contributed by atoms with Crippen LogP contribution < -0.4 is 10.2 Å². The maximum Gasteiger partial charge on any atom is 0.291 e. The van der Waals surface area contributed by atoms with Crippen molar-refractivity contribution in [3.8, 4) is 5.75 Å². The van der Waals surface area contributed by atoms with Gasteiger partial charge in [-0.1, -0.05) is 42.5 Å². The molecule has 136 valence electrons. The van der Waals surface area contributed by atoms with E-state index in [0.29, 0.717) is 24.0 Å². The fourth-order valence-electron chi connectivity index (χ4n) is 2.73. The Morgan fingerprint density at radius 3 is 2.78 bits per heavy atom. The van der Waals surface area contributed by atoms with Gasteiger partial charge < -0.3 is 4.74 Å². The summed E-state index contributed by atoms with van der Waals surface area (Å²) >= 11 is 0. The average molecular weight is 360 g/mol. The number of H-pyrrole nitrogens is 1. The number of carbonyl (C=O) groups is 1. The zero-order valence-electron chi connectivity index (χ0n) is 14.8. The molecule has 1 amide bonds. The summed E-state index contributed by atoms with van der Waals surface area (Å²) in [5.74, 6) is 0.892. The molecule has 0 radical (unpaired) electrons. The van der Waals surface area contributed by atoms with E-state index in [1.54, 1.807) is 12.3 Å². The molecule has 2 aromatic carbocycles. The fraction of sp³-hybridized carbons (Fsp3) is 0.190.